The van der Waals surface area contributed by atoms with Crippen molar-refractivity contribution in [3.8, 4) is 17.2 Å². The Morgan fingerprint density at radius 1 is 0.680 bits per heavy atom. The summed E-state index contributed by atoms with van der Waals surface area (Å²) in [6, 6.07) is 7.37. The highest BCUT2D eigenvalue weighted by atomic mass is 16.7. The van der Waals surface area contributed by atoms with Gasteiger partial charge in [0.15, 0.2) is 24.1 Å². The van der Waals surface area contributed by atoms with Gasteiger partial charge in [0.1, 0.15) is 29.5 Å². The van der Waals surface area contributed by atoms with Crippen LogP contribution in [0.15, 0.2) is 30.3 Å². The van der Waals surface area contributed by atoms with Gasteiger partial charge in [0, 0.05) is 46.7 Å². The van der Waals surface area contributed by atoms with Gasteiger partial charge in [-0.2, -0.15) is 0 Å². The number of carbonyl (C=O) groups excluding carboxylic acids is 2. The number of aliphatic hydroxyl groups excluding tert-OH is 3. The summed E-state index contributed by atoms with van der Waals surface area (Å²) in [7, 11) is 0. The first kappa shape index (κ1) is 34.8. The highest BCUT2D eigenvalue weighted by molar-refractivity contribution is 6.32. The molecule has 0 radical (unpaired) electrons. The lowest BCUT2D eigenvalue weighted by Gasteiger charge is -2.43. The highest BCUT2D eigenvalue weighted by Gasteiger charge is 2.44. The molecule has 3 aromatic carbocycles. The van der Waals surface area contributed by atoms with E-state index >= 15 is 0 Å². The van der Waals surface area contributed by atoms with Crippen LogP contribution in [0.25, 0.3) is 10.8 Å². The molecule has 6 N–H and O–H groups in total. The van der Waals surface area contributed by atoms with Gasteiger partial charge in [0.25, 0.3) is 0 Å². The number of phenolic OH excluding ortho intramolecular Hbond substituents is 3. The smallest absolute Gasteiger partial charge is 0.198 e. The molecule has 3 aliphatic heterocycles. The molecule has 13 heteroatoms. The predicted octanol–water partition coefficient (Wildman–Crippen LogP) is 3.40. The van der Waals surface area contributed by atoms with Gasteiger partial charge in [0.2, 0.25) is 0 Å². The number of fused-ring (bicyclic) bond motifs is 3. The molecule has 3 heterocycles. The molecule has 11 atom stereocenters. The second kappa shape index (κ2) is 13.1. The summed E-state index contributed by atoms with van der Waals surface area (Å²) >= 11 is 0. The molecule has 0 bridgehead atoms. The van der Waals surface area contributed by atoms with Gasteiger partial charge in [-0.25, -0.2) is 0 Å². The number of hydrogen-bond donors (Lipinski definition) is 6. The number of ketones is 2. The minimum absolute atomic E-state index is 0.0768. The van der Waals surface area contributed by atoms with Crippen molar-refractivity contribution in [2.45, 2.75) is 121 Å². The standard InChI is InChI=1S/C37H42O13/c1-14-9-21-20(23(38)10-14)11-22-31(36(21)44)35(43)19-6-5-18(34(42)30(19)37(22)45)26-13-27(33(41)17(4)46-26)50-28-8-7-25(15(2)47-28)49-29-12-24(39)32(40)16(3)48-29/h5-6,9-11,15-17,24-29,32-33,38-42,44H,7-8,12-13H2,1-4H3/t15-,16+,17-,24+,25+,26-,27+,28-,29+,32-,33-/m0/s1. The molecule has 0 aromatic heterocycles. The fourth-order valence-corrected chi connectivity index (χ4v) is 7.66. The van der Waals surface area contributed by atoms with Crippen LogP contribution in [0.1, 0.15) is 95.5 Å². The molecule has 0 amide bonds. The Labute approximate surface area is 287 Å². The second-order valence-corrected chi connectivity index (χ2v) is 13.9. The lowest BCUT2D eigenvalue weighted by molar-refractivity contribution is -0.306. The maximum Gasteiger partial charge on any atom is 0.198 e. The van der Waals surface area contributed by atoms with Crippen LogP contribution in [0, 0.1) is 6.92 Å². The number of hydrogen-bond acceptors (Lipinski definition) is 13. The third-order valence-corrected chi connectivity index (χ3v) is 10.4. The highest BCUT2D eigenvalue weighted by Crippen LogP contribution is 2.46. The molecule has 0 unspecified atom stereocenters. The lowest BCUT2D eigenvalue weighted by Crippen LogP contribution is -2.51. The molecule has 3 fully saturated rings. The average Bonchev–Trinajstić information content (AvgIpc) is 3.06. The van der Waals surface area contributed by atoms with Crippen molar-refractivity contribution in [3.63, 3.8) is 0 Å². The van der Waals surface area contributed by atoms with E-state index in [1.807, 2.05) is 6.92 Å². The molecule has 7 rings (SSSR count). The Bertz CT molecular complexity index is 1830. The van der Waals surface area contributed by atoms with Crippen LogP contribution in [0.3, 0.4) is 0 Å². The quantitative estimate of drug-likeness (QED) is 0.178. The zero-order valence-electron chi connectivity index (χ0n) is 28.1. The van der Waals surface area contributed by atoms with Gasteiger partial charge in [-0.1, -0.05) is 6.07 Å². The Morgan fingerprint density at radius 3 is 2.06 bits per heavy atom. The molecule has 4 aliphatic rings. The number of ether oxygens (including phenoxy) is 5. The summed E-state index contributed by atoms with van der Waals surface area (Å²) in [6.45, 7) is 6.89. The monoisotopic (exact) mass is 694 g/mol. The van der Waals surface area contributed by atoms with Gasteiger partial charge < -0.3 is 54.3 Å². The Kier molecular flexibility index (Phi) is 9.14. The molecule has 268 valence electrons. The number of aromatic hydroxyl groups is 3. The molecule has 0 spiro atoms. The number of phenols is 3. The number of rotatable bonds is 5. The maximum atomic E-state index is 13.9. The molecule has 3 aromatic rings. The molecular weight excluding hydrogens is 652 g/mol. The van der Waals surface area contributed by atoms with Crippen molar-refractivity contribution in [2.75, 3.05) is 0 Å². The first-order valence-electron chi connectivity index (χ1n) is 17.0. The summed E-state index contributed by atoms with van der Waals surface area (Å²) in [6.07, 6.45) is -6.85. The van der Waals surface area contributed by atoms with Gasteiger partial charge in [-0.3, -0.25) is 9.59 Å². The van der Waals surface area contributed by atoms with Crippen molar-refractivity contribution < 1.29 is 63.9 Å². The van der Waals surface area contributed by atoms with E-state index in [4.69, 9.17) is 23.7 Å². The van der Waals surface area contributed by atoms with E-state index in [1.165, 1.54) is 24.3 Å². The second-order valence-electron chi connectivity index (χ2n) is 13.9. The van der Waals surface area contributed by atoms with Crippen LogP contribution in [0.4, 0.5) is 0 Å². The van der Waals surface area contributed by atoms with Crippen LogP contribution in [-0.2, 0) is 23.7 Å². The minimum Gasteiger partial charge on any atom is -0.507 e. The molecule has 3 saturated heterocycles. The summed E-state index contributed by atoms with van der Waals surface area (Å²) in [5.41, 5.74) is 0.231. The van der Waals surface area contributed by atoms with Crippen LogP contribution < -0.4 is 0 Å². The Morgan fingerprint density at radius 2 is 1.34 bits per heavy atom. The third-order valence-electron chi connectivity index (χ3n) is 10.4. The minimum atomic E-state index is -1.04. The van der Waals surface area contributed by atoms with E-state index < -0.39 is 84.5 Å². The lowest BCUT2D eigenvalue weighted by atomic mass is 9.79. The fourth-order valence-electron chi connectivity index (χ4n) is 7.66. The van der Waals surface area contributed by atoms with E-state index in [0.29, 0.717) is 18.4 Å². The molecule has 0 saturated carbocycles. The van der Waals surface area contributed by atoms with Crippen molar-refractivity contribution in [1.82, 2.24) is 0 Å². The molecule has 1 aliphatic carbocycles. The van der Waals surface area contributed by atoms with Crippen molar-refractivity contribution in [3.05, 3.63) is 63.7 Å². The Balaban J connectivity index is 1.08. The summed E-state index contributed by atoms with van der Waals surface area (Å²) < 4.78 is 30.3. The first-order valence-corrected chi connectivity index (χ1v) is 17.0. The van der Waals surface area contributed by atoms with Gasteiger partial charge in [-0.15, -0.1) is 0 Å². The normalized spacial score (nSPS) is 34.4. The molecule has 50 heavy (non-hydrogen) atoms. The third kappa shape index (κ3) is 5.95. The molecule has 13 nitrogen and oxygen atoms in total. The zero-order valence-corrected chi connectivity index (χ0v) is 28.1. The first-order chi connectivity index (χ1) is 23.7. The van der Waals surface area contributed by atoms with Gasteiger partial charge >= 0.3 is 0 Å². The van der Waals surface area contributed by atoms with Crippen LogP contribution >= 0.6 is 0 Å². The fraction of sp³-hybridized carbons (Fsp3) is 0.514. The summed E-state index contributed by atoms with van der Waals surface area (Å²) in [4.78, 5) is 27.6. The topological polar surface area (TPSA) is 202 Å². The maximum absolute atomic E-state index is 13.9. The Hall–Kier alpha value is -3.66. The molecular formula is C37H42O13. The van der Waals surface area contributed by atoms with Gasteiger partial charge in [0.05, 0.1) is 53.9 Å². The number of carbonyl (C=O) groups is 2. The van der Waals surface area contributed by atoms with E-state index in [-0.39, 0.29) is 63.3 Å². The van der Waals surface area contributed by atoms with Crippen molar-refractivity contribution >= 4 is 22.3 Å². The van der Waals surface area contributed by atoms with Crippen LogP contribution in [-0.4, -0.2) is 104 Å². The van der Waals surface area contributed by atoms with E-state index in [0.717, 1.165) is 0 Å². The van der Waals surface area contributed by atoms with Crippen LogP contribution in [0.2, 0.25) is 0 Å². The zero-order chi connectivity index (χ0) is 35.8. The summed E-state index contributed by atoms with van der Waals surface area (Å²) in [5, 5.41) is 64.7. The SMILES string of the molecule is Cc1cc(O)c2cc3c(c(O)c2c1)C(=O)c1ccc([C@@H]2C[C@@H](O[C@H]4CC[C@@H](O[C@@H]5C[C@@H](O)[C@@H](O)[C@@H](C)O5)[C@H](C)O4)[C@@H](O)[C@H](C)O2)c(O)c1C3=O. The number of benzene rings is 3. The number of aryl methyl sites for hydroxylation is 1. The van der Waals surface area contributed by atoms with Crippen molar-refractivity contribution in [1.29, 1.82) is 0 Å². The number of aliphatic hydroxyl groups is 3. The predicted molar refractivity (Wildman–Crippen MR) is 175 cm³/mol. The van der Waals surface area contributed by atoms with Gasteiger partial charge in [-0.05, 0) is 63.9 Å². The van der Waals surface area contributed by atoms with E-state index in [2.05, 4.69) is 0 Å². The summed E-state index contributed by atoms with van der Waals surface area (Å²) in [5.74, 6) is -2.37. The van der Waals surface area contributed by atoms with E-state index in [9.17, 15) is 40.2 Å². The largest absolute Gasteiger partial charge is 0.507 e. The van der Waals surface area contributed by atoms with E-state index in [1.54, 1.807) is 26.8 Å². The van der Waals surface area contributed by atoms with Crippen LogP contribution in [0.5, 0.6) is 17.2 Å². The van der Waals surface area contributed by atoms with Crippen molar-refractivity contribution in [2.24, 2.45) is 0 Å². The average molecular weight is 695 g/mol.